The van der Waals surface area contributed by atoms with Gasteiger partial charge in [-0.2, -0.15) is 0 Å². The van der Waals surface area contributed by atoms with Gasteiger partial charge in [-0.3, -0.25) is 0 Å². The van der Waals surface area contributed by atoms with Crippen LogP contribution in [0.15, 0.2) is 0 Å². The summed E-state index contributed by atoms with van der Waals surface area (Å²) in [5, 5.41) is 12.4. The Morgan fingerprint density at radius 1 is 0.588 bits per heavy atom. The summed E-state index contributed by atoms with van der Waals surface area (Å²) in [4.78, 5) is 2.75. The highest BCUT2D eigenvalue weighted by Gasteiger charge is 2.49. The number of hydrogen-bond donors (Lipinski definition) is 1. The molecule has 2 nitrogen and oxygen atoms in total. The van der Waals surface area contributed by atoms with E-state index >= 15 is 0 Å². The van der Waals surface area contributed by atoms with Crippen molar-refractivity contribution in [1.82, 2.24) is 4.90 Å². The molecule has 34 heavy (non-hydrogen) atoms. The second-order valence-electron chi connectivity index (χ2n) is 14.3. The summed E-state index contributed by atoms with van der Waals surface area (Å²) in [6.07, 6.45) is 26.1. The monoisotopic (exact) mass is 473 g/mol. The highest BCUT2D eigenvalue weighted by molar-refractivity contribution is 5.00. The summed E-state index contributed by atoms with van der Waals surface area (Å²) in [7, 11) is 0. The lowest BCUT2D eigenvalue weighted by molar-refractivity contribution is -0.145. The number of nitrogens with zero attached hydrogens (tertiary/aromatic N) is 1. The summed E-state index contributed by atoms with van der Waals surface area (Å²) < 4.78 is 0. The predicted molar refractivity (Wildman–Crippen MR) is 146 cm³/mol. The molecule has 0 spiro atoms. The van der Waals surface area contributed by atoms with Gasteiger partial charge in [-0.25, -0.2) is 0 Å². The first-order valence-corrected chi connectivity index (χ1v) is 15.8. The fourth-order valence-corrected chi connectivity index (χ4v) is 8.83. The Balaban J connectivity index is 1.18. The molecule has 1 aliphatic heterocycles. The largest absolute Gasteiger partial charge is 0.389 e. The maximum Gasteiger partial charge on any atom is 0.0732 e. The Hall–Kier alpha value is -0.0800. The molecule has 4 aliphatic rings. The van der Waals surface area contributed by atoms with Gasteiger partial charge in [0.2, 0.25) is 0 Å². The minimum atomic E-state index is -0.348. The van der Waals surface area contributed by atoms with Crippen LogP contribution in [0.1, 0.15) is 143 Å². The van der Waals surface area contributed by atoms with Crippen LogP contribution >= 0.6 is 0 Å². The van der Waals surface area contributed by atoms with E-state index < -0.39 is 0 Å². The molecule has 0 aromatic rings. The van der Waals surface area contributed by atoms with Crippen LogP contribution in [0.25, 0.3) is 0 Å². The molecular formula is C32H59NO. The first-order chi connectivity index (χ1) is 16.4. The van der Waals surface area contributed by atoms with Crippen molar-refractivity contribution >= 4 is 0 Å². The molecule has 0 atom stereocenters. The molecule has 3 aliphatic carbocycles. The fraction of sp³-hybridized carbons (Fsp3) is 1.00. The Morgan fingerprint density at radius 3 is 1.59 bits per heavy atom. The average molecular weight is 474 g/mol. The standard InChI is InChI=1S/C32H59NO/c1-31(2,3)27-19-17-26(18-20-27)12-10-11-23-33-24-21-30(22-25-33)32(34,28-13-6-4-7-14-28)29-15-8-5-9-16-29/h26-30,34H,4-25H2,1-3H3. The van der Waals surface area contributed by atoms with E-state index in [1.807, 2.05) is 0 Å². The molecular weight excluding hydrogens is 414 g/mol. The van der Waals surface area contributed by atoms with E-state index in [0.717, 1.165) is 11.8 Å². The van der Waals surface area contributed by atoms with Crippen molar-refractivity contribution in [3.05, 3.63) is 0 Å². The molecule has 1 heterocycles. The number of rotatable bonds is 8. The molecule has 3 saturated carbocycles. The van der Waals surface area contributed by atoms with Crippen LogP contribution in [0, 0.1) is 35.0 Å². The van der Waals surface area contributed by atoms with Crippen molar-refractivity contribution in [3.8, 4) is 0 Å². The van der Waals surface area contributed by atoms with Gasteiger partial charge in [0.25, 0.3) is 0 Å². The minimum absolute atomic E-state index is 0.348. The van der Waals surface area contributed by atoms with Crippen molar-refractivity contribution in [2.24, 2.45) is 35.0 Å². The summed E-state index contributed by atoms with van der Waals surface area (Å²) >= 11 is 0. The Kier molecular flexibility index (Phi) is 9.87. The molecule has 2 heteroatoms. The lowest BCUT2D eigenvalue weighted by Gasteiger charge is -2.52. The minimum Gasteiger partial charge on any atom is -0.389 e. The Morgan fingerprint density at radius 2 is 1.09 bits per heavy atom. The van der Waals surface area contributed by atoms with Gasteiger partial charge >= 0.3 is 0 Å². The normalized spacial score (nSPS) is 30.0. The third-order valence-corrected chi connectivity index (χ3v) is 11.2. The molecule has 0 aromatic carbocycles. The van der Waals surface area contributed by atoms with Gasteiger partial charge in [-0.15, -0.1) is 0 Å². The van der Waals surface area contributed by atoms with Crippen molar-refractivity contribution in [2.75, 3.05) is 19.6 Å². The van der Waals surface area contributed by atoms with Gasteiger partial charge in [0.1, 0.15) is 0 Å². The Bertz CT molecular complexity index is 548. The zero-order valence-electron chi connectivity index (χ0n) is 23.3. The van der Waals surface area contributed by atoms with Gasteiger partial charge in [0.15, 0.2) is 0 Å². The van der Waals surface area contributed by atoms with Crippen LogP contribution in [0.4, 0.5) is 0 Å². The van der Waals surface area contributed by atoms with Gasteiger partial charge in [0.05, 0.1) is 5.60 Å². The summed E-state index contributed by atoms with van der Waals surface area (Å²) in [5.41, 5.74) is 0.163. The maximum atomic E-state index is 12.4. The van der Waals surface area contributed by atoms with Crippen molar-refractivity contribution < 1.29 is 5.11 Å². The molecule has 1 saturated heterocycles. The van der Waals surface area contributed by atoms with Crippen LogP contribution in [0.5, 0.6) is 0 Å². The summed E-state index contributed by atoms with van der Waals surface area (Å²) in [6, 6.07) is 0. The maximum absolute atomic E-state index is 12.4. The van der Waals surface area contributed by atoms with Crippen molar-refractivity contribution in [1.29, 1.82) is 0 Å². The van der Waals surface area contributed by atoms with E-state index in [0.29, 0.717) is 23.2 Å². The molecule has 0 unspecified atom stereocenters. The first kappa shape index (κ1) is 27.0. The molecule has 0 amide bonds. The molecule has 198 valence electrons. The highest BCUT2D eigenvalue weighted by Crippen LogP contribution is 2.49. The van der Waals surface area contributed by atoms with Gasteiger partial charge in [-0.1, -0.05) is 85.0 Å². The second-order valence-corrected chi connectivity index (χ2v) is 14.3. The quantitative estimate of drug-likeness (QED) is 0.357. The van der Waals surface area contributed by atoms with E-state index in [4.69, 9.17) is 0 Å². The summed E-state index contributed by atoms with van der Waals surface area (Å²) in [6.45, 7) is 11.1. The molecule has 4 fully saturated rings. The lowest BCUT2D eigenvalue weighted by Crippen LogP contribution is -2.55. The molecule has 0 radical (unpaired) electrons. The number of likely N-dealkylation sites (tertiary alicyclic amines) is 1. The number of unbranched alkanes of at least 4 members (excludes halogenated alkanes) is 1. The third-order valence-electron chi connectivity index (χ3n) is 11.2. The zero-order chi connectivity index (χ0) is 24.0. The fourth-order valence-electron chi connectivity index (χ4n) is 8.83. The number of hydrogen-bond acceptors (Lipinski definition) is 2. The number of piperidine rings is 1. The molecule has 0 bridgehead atoms. The van der Waals surface area contributed by atoms with Gasteiger partial charge in [-0.05, 0) is 112 Å². The predicted octanol–water partition coefficient (Wildman–Crippen LogP) is 8.61. The topological polar surface area (TPSA) is 23.5 Å². The van der Waals surface area contributed by atoms with Crippen molar-refractivity contribution in [2.45, 2.75) is 148 Å². The van der Waals surface area contributed by atoms with Crippen LogP contribution in [-0.2, 0) is 0 Å². The SMILES string of the molecule is CC(C)(C)C1CCC(CCCCN2CCC(C(O)(C3CCCCC3)C3CCCCC3)CC2)CC1. The first-order valence-electron chi connectivity index (χ1n) is 15.8. The van der Waals surface area contributed by atoms with E-state index in [1.54, 1.807) is 0 Å². The van der Waals surface area contributed by atoms with E-state index in [-0.39, 0.29) is 5.60 Å². The average Bonchev–Trinajstić information content (AvgIpc) is 2.87. The third kappa shape index (κ3) is 6.81. The van der Waals surface area contributed by atoms with E-state index in [1.165, 1.54) is 142 Å². The van der Waals surface area contributed by atoms with Crippen LogP contribution in [0.2, 0.25) is 0 Å². The number of aliphatic hydroxyl groups is 1. The van der Waals surface area contributed by atoms with Crippen LogP contribution in [0.3, 0.4) is 0 Å². The highest BCUT2D eigenvalue weighted by atomic mass is 16.3. The van der Waals surface area contributed by atoms with Crippen molar-refractivity contribution in [3.63, 3.8) is 0 Å². The Labute approximate surface area is 213 Å². The molecule has 4 rings (SSSR count). The summed E-state index contributed by atoms with van der Waals surface area (Å²) in [5.74, 6) is 3.70. The molecule has 0 aromatic heterocycles. The van der Waals surface area contributed by atoms with Gasteiger partial charge < -0.3 is 10.0 Å². The van der Waals surface area contributed by atoms with E-state index in [9.17, 15) is 5.11 Å². The zero-order valence-corrected chi connectivity index (χ0v) is 23.3. The lowest BCUT2D eigenvalue weighted by atomic mass is 9.59. The van der Waals surface area contributed by atoms with Crippen LogP contribution < -0.4 is 0 Å². The van der Waals surface area contributed by atoms with E-state index in [2.05, 4.69) is 25.7 Å². The smallest absolute Gasteiger partial charge is 0.0732 e. The molecule has 1 N–H and O–H groups in total. The van der Waals surface area contributed by atoms with Crippen LogP contribution in [-0.4, -0.2) is 35.2 Å². The van der Waals surface area contributed by atoms with Gasteiger partial charge in [0, 0.05) is 0 Å². The second kappa shape index (κ2) is 12.4.